The predicted octanol–water partition coefficient (Wildman–Crippen LogP) is 3.72. The summed E-state index contributed by atoms with van der Waals surface area (Å²) in [4.78, 5) is 0. The van der Waals surface area contributed by atoms with Crippen LogP contribution in [0.15, 0.2) is 18.2 Å². The summed E-state index contributed by atoms with van der Waals surface area (Å²) in [6.07, 6.45) is 0. The van der Waals surface area contributed by atoms with Gasteiger partial charge in [-0.3, -0.25) is 0 Å². The lowest BCUT2D eigenvalue weighted by molar-refractivity contribution is 0.474. The van der Waals surface area contributed by atoms with Crippen LogP contribution in [-0.2, 0) is 3.42 Å². The summed E-state index contributed by atoms with van der Waals surface area (Å²) in [6, 6.07) is 5.34. The van der Waals surface area contributed by atoms with Crippen molar-refractivity contribution in [2.75, 3.05) is 0 Å². The lowest BCUT2D eigenvalue weighted by atomic mass is 10.0. The Balaban J connectivity index is 3.14. The molecule has 3 heteroatoms. The maximum absolute atomic E-state index is 9.33. The van der Waals surface area contributed by atoms with E-state index < -0.39 is 0 Å². The largest absolute Gasteiger partial charge is 0.506 e. The van der Waals surface area contributed by atoms with E-state index in [2.05, 4.69) is 36.4 Å². The third-order valence-corrected chi connectivity index (χ3v) is 2.58. The zero-order valence-electron chi connectivity index (χ0n) is 6.94. The van der Waals surface area contributed by atoms with Crippen LogP contribution in [0.1, 0.15) is 19.4 Å². The van der Waals surface area contributed by atoms with Gasteiger partial charge in [0.1, 0.15) is 5.75 Å². The summed E-state index contributed by atoms with van der Waals surface area (Å²) in [5.41, 5.74) is 1.07. The van der Waals surface area contributed by atoms with Gasteiger partial charge < -0.3 is 5.11 Å². The molecule has 1 aromatic carbocycles. The van der Waals surface area contributed by atoms with Gasteiger partial charge in [0.05, 0.1) is 5.02 Å². The Bertz CT molecular complexity index is 291. The molecule has 1 nitrogen and oxygen atoms in total. The van der Waals surface area contributed by atoms with Crippen LogP contribution in [-0.4, -0.2) is 5.11 Å². The summed E-state index contributed by atoms with van der Waals surface area (Å²) in [6.45, 7) is 4.16. The molecule has 0 saturated carbocycles. The number of halogens is 2. The maximum atomic E-state index is 9.33. The fourth-order valence-corrected chi connectivity index (χ4v) is 1.34. The van der Waals surface area contributed by atoms with Gasteiger partial charge in [-0.2, -0.15) is 0 Å². The van der Waals surface area contributed by atoms with Crippen LogP contribution in [0.3, 0.4) is 0 Å². The zero-order valence-corrected chi connectivity index (χ0v) is 9.85. The molecule has 0 spiro atoms. The molecule has 0 heterocycles. The molecule has 0 bridgehead atoms. The van der Waals surface area contributed by atoms with Crippen molar-refractivity contribution < 1.29 is 5.11 Å². The van der Waals surface area contributed by atoms with Gasteiger partial charge in [-0.15, -0.1) is 0 Å². The SMILES string of the molecule is CC(C)(I)c1ccc(Cl)c(O)c1. The first kappa shape index (κ1) is 10.1. The van der Waals surface area contributed by atoms with E-state index in [4.69, 9.17) is 11.6 Å². The van der Waals surface area contributed by atoms with Crippen molar-refractivity contribution in [2.45, 2.75) is 17.3 Å². The van der Waals surface area contributed by atoms with E-state index in [0.29, 0.717) is 5.02 Å². The smallest absolute Gasteiger partial charge is 0.134 e. The van der Waals surface area contributed by atoms with Crippen LogP contribution in [0.25, 0.3) is 0 Å². The van der Waals surface area contributed by atoms with Gasteiger partial charge >= 0.3 is 0 Å². The second kappa shape index (κ2) is 3.42. The molecule has 0 saturated heterocycles. The summed E-state index contributed by atoms with van der Waals surface area (Å²) in [5, 5.41) is 9.73. The Morgan fingerprint density at radius 3 is 2.42 bits per heavy atom. The molecule has 0 aliphatic rings. The van der Waals surface area contributed by atoms with Gasteiger partial charge in [-0.1, -0.05) is 40.3 Å². The molecular formula is C9H10ClIO. The van der Waals surface area contributed by atoms with Crippen LogP contribution in [0.4, 0.5) is 0 Å². The number of phenolic OH excluding ortho intramolecular Hbond substituents is 1. The van der Waals surface area contributed by atoms with Crippen molar-refractivity contribution in [3.63, 3.8) is 0 Å². The molecule has 0 aliphatic heterocycles. The number of phenols is 1. The molecular weight excluding hydrogens is 286 g/mol. The van der Waals surface area contributed by atoms with Crippen molar-refractivity contribution in [3.8, 4) is 5.75 Å². The monoisotopic (exact) mass is 296 g/mol. The number of benzene rings is 1. The van der Waals surface area contributed by atoms with Gasteiger partial charge in [-0.05, 0) is 31.5 Å². The first-order valence-electron chi connectivity index (χ1n) is 3.59. The molecule has 12 heavy (non-hydrogen) atoms. The van der Waals surface area contributed by atoms with Gasteiger partial charge in [0, 0.05) is 3.42 Å². The molecule has 0 aromatic heterocycles. The van der Waals surface area contributed by atoms with Gasteiger partial charge in [0.15, 0.2) is 0 Å². The van der Waals surface area contributed by atoms with Crippen molar-refractivity contribution >= 4 is 34.2 Å². The van der Waals surface area contributed by atoms with Crippen LogP contribution in [0.2, 0.25) is 5.02 Å². The van der Waals surface area contributed by atoms with Crippen LogP contribution in [0.5, 0.6) is 5.75 Å². The average molecular weight is 297 g/mol. The standard InChI is InChI=1S/C9H10ClIO/c1-9(2,11)6-3-4-7(10)8(12)5-6/h3-5,12H,1-2H3. The van der Waals surface area contributed by atoms with E-state index in [9.17, 15) is 5.11 Å². The Hall–Kier alpha value is 0.0400. The van der Waals surface area contributed by atoms with Crippen LogP contribution in [0, 0.1) is 0 Å². The van der Waals surface area contributed by atoms with Crippen molar-refractivity contribution in [1.29, 1.82) is 0 Å². The third-order valence-electron chi connectivity index (χ3n) is 1.63. The summed E-state index contributed by atoms with van der Waals surface area (Å²) in [5.74, 6) is 0.152. The highest BCUT2D eigenvalue weighted by Crippen LogP contribution is 2.34. The van der Waals surface area contributed by atoms with Crippen molar-refractivity contribution in [2.24, 2.45) is 0 Å². The van der Waals surface area contributed by atoms with Gasteiger partial charge in [0.2, 0.25) is 0 Å². The van der Waals surface area contributed by atoms with E-state index in [-0.39, 0.29) is 9.17 Å². The lowest BCUT2D eigenvalue weighted by Gasteiger charge is -2.16. The molecule has 0 unspecified atom stereocenters. The maximum Gasteiger partial charge on any atom is 0.134 e. The molecule has 0 atom stereocenters. The number of alkyl halides is 1. The van der Waals surface area contributed by atoms with Crippen molar-refractivity contribution in [1.82, 2.24) is 0 Å². The van der Waals surface area contributed by atoms with E-state index in [1.54, 1.807) is 12.1 Å². The first-order valence-corrected chi connectivity index (χ1v) is 5.05. The van der Waals surface area contributed by atoms with Crippen LogP contribution < -0.4 is 0 Å². The second-order valence-corrected chi connectivity index (χ2v) is 6.24. The summed E-state index contributed by atoms with van der Waals surface area (Å²) < 4.78 is 0.0276. The minimum Gasteiger partial charge on any atom is -0.506 e. The second-order valence-electron chi connectivity index (χ2n) is 3.14. The van der Waals surface area contributed by atoms with Crippen LogP contribution >= 0.6 is 34.2 Å². The number of rotatable bonds is 1. The van der Waals surface area contributed by atoms with Gasteiger partial charge in [-0.25, -0.2) is 0 Å². The normalized spacial score (nSPS) is 11.7. The Morgan fingerprint density at radius 2 is 2.00 bits per heavy atom. The third kappa shape index (κ3) is 2.26. The summed E-state index contributed by atoms with van der Waals surface area (Å²) >= 11 is 7.99. The van der Waals surface area contributed by atoms with E-state index in [0.717, 1.165) is 5.56 Å². The fraction of sp³-hybridized carbons (Fsp3) is 0.333. The lowest BCUT2D eigenvalue weighted by Crippen LogP contribution is -2.05. The minimum absolute atomic E-state index is 0.0276. The number of aromatic hydroxyl groups is 1. The highest BCUT2D eigenvalue weighted by atomic mass is 127. The van der Waals surface area contributed by atoms with Gasteiger partial charge in [0.25, 0.3) is 0 Å². The fourth-order valence-electron chi connectivity index (χ4n) is 0.882. The Labute approximate surface area is 90.9 Å². The Kier molecular flexibility index (Phi) is 2.88. The molecule has 1 rings (SSSR count). The molecule has 0 aliphatic carbocycles. The molecule has 0 amide bonds. The zero-order chi connectivity index (χ0) is 9.35. The minimum atomic E-state index is 0.0276. The quantitative estimate of drug-likeness (QED) is 0.618. The highest BCUT2D eigenvalue weighted by molar-refractivity contribution is 14.1. The predicted molar refractivity (Wildman–Crippen MR) is 60.2 cm³/mol. The Morgan fingerprint density at radius 1 is 1.42 bits per heavy atom. The molecule has 0 fully saturated rings. The van der Waals surface area contributed by atoms with Crippen molar-refractivity contribution in [3.05, 3.63) is 28.8 Å². The number of hydrogen-bond donors (Lipinski definition) is 1. The highest BCUT2D eigenvalue weighted by Gasteiger charge is 2.16. The van der Waals surface area contributed by atoms with E-state index in [1.165, 1.54) is 0 Å². The van der Waals surface area contributed by atoms with E-state index in [1.807, 2.05) is 6.07 Å². The van der Waals surface area contributed by atoms with E-state index >= 15 is 0 Å². The molecule has 0 radical (unpaired) electrons. The first-order chi connectivity index (χ1) is 5.41. The molecule has 1 N–H and O–H groups in total. The average Bonchev–Trinajstić information content (AvgIpc) is 1.92. The molecule has 66 valence electrons. The molecule has 1 aromatic rings. The topological polar surface area (TPSA) is 20.2 Å². The number of hydrogen-bond acceptors (Lipinski definition) is 1. The summed E-state index contributed by atoms with van der Waals surface area (Å²) in [7, 11) is 0.